The minimum atomic E-state index is -3.27. The molecule has 2 amide bonds. The Morgan fingerprint density at radius 3 is 2.31 bits per heavy atom. The minimum absolute atomic E-state index is 0.0921. The van der Waals surface area contributed by atoms with Crippen LogP contribution >= 0.6 is 11.6 Å². The zero-order valence-corrected chi connectivity index (χ0v) is 19.5. The van der Waals surface area contributed by atoms with E-state index < -0.39 is 15.9 Å². The van der Waals surface area contributed by atoms with Gasteiger partial charge in [-0.1, -0.05) is 29.8 Å². The average Bonchev–Trinajstić information content (AvgIpc) is 3.10. The number of carbonyl (C=O) groups is 2. The Bertz CT molecular complexity index is 1110. The second-order valence-corrected chi connectivity index (χ2v) is 11.0. The van der Waals surface area contributed by atoms with Crippen LogP contribution in [0.5, 0.6) is 0 Å². The summed E-state index contributed by atoms with van der Waals surface area (Å²) in [4.78, 5) is 31.9. The molecule has 1 atom stereocenters. The number of carbonyl (C=O) groups excluding carboxylic acids is 2. The van der Waals surface area contributed by atoms with Gasteiger partial charge in [-0.15, -0.1) is 0 Å². The molecule has 0 aromatic heterocycles. The molecule has 0 N–H and O–H groups in total. The van der Waals surface area contributed by atoms with Crippen LogP contribution in [0, 0.1) is 0 Å². The second-order valence-electron chi connectivity index (χ2n) is 8.31. The van der Waals surface area contributed by atoms with Gasteiger partial charge in [-0.3, -0.25) is 9.59 Å². The normalized spacial score (nSPS) is 17.4. The highest BCUT2D eigenvalue weighted by atomic mass is 35.5. The van der Waals surface area contributed by atoms with Crippen molar-refractivity contribution in [2.45, 2.75) is 19.0 Å². The zero-order valence-electron chi connectivity index (χ0n) is 17.9. The number of benzene rings is 2. The molecule has 4 rings (SSSR count). The summed E-state index contributed by atoms with van der Waals surface area (Å²) in [6, 6.07) is 14.1. The third kappa shape index (κ3) is 4.91. The predicted octanol–water partition coefficient (Wildman–Crippen LogP) is 2.45. The van der Waals surface area contributed by atoms with E-state index >= 15 is 0 Å². The van der Waals surface area contributed by atoms with Gasteiger partial charge in [0.2, 0.25) is 5.91 Å². The highest BCUT2D eigenvalue weighted by molar-refractivity contribution is 7.90. The van der Waals surface area contributed by atoms with E-state index in [1.165, 1.54) is 4.90 Å². The third-order valence-corrected chi connectivity index (χ3v) is 7.29. The topological polar surface area (TPSA) is 78.0 Å². The van der Waals surface area contributed by atoms with Crippen molar-refractivity contribution in [1.82, 2.24) is 9.80 Å². The van der Waals surface area contributed by atoms with Crippen molar-refractivity contribution >= 4 is 38.9 Å². The molecule has 170 valence electrons. The first-order valence-electron chi connectivity index (χ1n) is 10.6. The number of nitrogens with zero attached hydrogens (tertiary/aromatic N) is 3. The summed E-state index contributed by atoms with van der Waals surface area (Å²) < 4.78 is 23.7. The van der Waals surface area contributed by atoms with E-state index in [9.17, 15) is 18.0 Å². The average molecular weight is 476 g/mol. The Labute approximate surface area is 193 Å². The number of sulfone groups is 1. The molecular weight excluding hydrogens is 450 g/mol. The standard InChI is InChI=1S/C23H26ClN3O4S/c1-32(30,31)15-10-21(27-16-17-4-2-3-5-20(17)22(27)28)23(29)26-13-11-25(12-14-26)19-8-6-18(24)7-9-19/h2-9,21H,10-16H2,1H3/t21-/m1/s1. The quantitative estimate of drug-likeness (QED) is 0.641. The van der Waals surface area contributed by atoms with Crippen molar-refractivity contribution < 1.29 is 18.0 Å². The van der Waals surface area contributed by atoms with Crippen molar-refractivity contribution in [1.29, 1.82) is 0 Å². The maximum atomic E-state index is 13.5. The number of fused-ring (bicyclic) bond motifs is 1. The molecule has 2 heterocycles. The lowest BCUT2D eigenvalue weighted by Crippen LogP contribution is -2.55. The predicted molar refractivity (Wildman–Crippen MR) is 125 cm³/mol. The molecule has 0 spiro atoms. The van der Waals surface area contributed by atoms with Gasteiger partial charge in [-0.05, 0) is 42.3 Å². The number of hydrogen-bond acceptors (Lipinski definition) is 5. The minimum Gasteiger partial charge on any atom is -0.368 e. The Kier molecular flexibility index (Phi) is 6.44. The maximum absolute atomic E-state index is 13.5. The number of rotatable bonds is 6. The second kappa shape index (κ2) is 9.11. The number of halogens is 1. The molecule has 0 saturated carbocycles. The van der Waals surface area contributed by atoms with Crippen LogP contribution in [0.3, 0.4) is 0 Å². The highest BCUT2D eigenvalue weighted by Crippen LogP contribution is 2.27. The molecule has 9 heteroatoms. The van der Waals surface area contributed by atoms with Crippen molar-refractivity contribution in [3.63, 3.8) is 0 Å². The summed E-state index contributed by atoms with van der Waals surface area (Å²) in [7, 11) is -3.27. The number of piperazine rings is 1. The molecule has 0 aliphatic carbocycles. The molecule has 2 aromatic carbocycles. The lowest BCUT2D eigenvalue weighted by Gasteiger charge is -2.39. The first kappa shape index (κ1) is 22.6. The van der Waals surface area contributed by atoms with Crippen LogP contribution < -0.4 is 4.90 Å². The van der Waals surface area contributed by atoms with Crippen LogP contribution in [0.4, 0.5) is 5.69 Å². The molecule has 1 fully saturated rings. The van der Waals surface area contributed by atoms with E-state index in [4.69, 9.17) is 11.6 Å². The fourth-order valence-electron chi connectivity index (χ4n) is 4.31. The van der Waals surface area contributed by atoms with E-state index in [1.807, 2.05) is 36.4 Å². The van der Waals surface area contributed by atoms with Crippen LogP contribution in [-0.4, -0.2) is 74.3 Å². The Hall–Kier alpha value is -2.58. The Morgan fingerprint density at radius 2 is 1.69 bits per heavy atom. The maximum Gasteiger partial charge on any atom is 0.255 e. The summed E-state index contributed by atoms with van der Waals surface area (Å²) in [6.07, 6.45) is 1.24. The smallest absolute Gasteiger partial charge is 0.255 e. The van der Waals surface area contributed by atoms with Crippen molar-refractivity contribution in [2.24, 2.45) is 0 Å². The molecule has 1 saturated heterocycles. The van der Waals surface area contributed by atoms with Gasteiger partial charge in [0.15, 0.2) is 0 Å². The van der Waals surface area contributed by atoms with Crippen molar-refractivity contribution in [3.05, 3.63) is 64.7 Å². The monoisotopic (exact) mass is 475 g/mol. The summed E-state index contributed by atoms with van der Waals surface area (Å²) in [5.74, 6) is -0.549. The van der Waals surface area contributed by atoms with Crippen LogP contribution in [0.2, 0.25) is 5.02 Å². The molecule has 0 unspecified atom stereocenters. The Balaban J connectivity index is 1.48. The van der Waals surface area contributed by atoms with E-state index in [0.717, 1.165) is 17.5 Å². The van der Waals surface area contributed by atoms with Crippen molar-refractivity contribution in [2.75, 3.05) is 43.1 Å². The number of hydrogen-bond donors (Lipinski definition) is 0. The van der Waals surface area contributed by atoms with E-state index in [-0.39, 0.29) is 24.0 Å². The molecule has 32 heavy (non-hydrogen) atoms. The van der Waals surface area contributed by atoms with Gasteiger partial charge < -0.3 is 14.7 Å². The highest BCUT2D eigenvalue weighted by Gasteiger charge is 2.39. The summed E-state index contributed by atoms with van der Waals surface area (Å²) >= 11 is 5.97. The first-order valence-corrected chi connectivity index (χ1v) is 13.0. The van der Waals surface area contributed by atoms with Crippen LogP contribution in [0.1, 0.15) is 22.3 Å². The largest absolute Gasteiger partial charge is 0.368 e. The SMILES string of the molecule is CS(=O)(=O)CC[C@H](C(=O)N1CCN(c2ccc(Cl)cc2)CC1)N1Cc2ccccc2C1=O. The molecule has 2 aliphatic rings. The molecule has 0 radical (unpaired) electrons. The molecule has 2 aromatic rings. The summed E-state index contributed by atoms with van der Waals surface area (Å²) in [6.45, 7) is 2.64. The lowest BCUT2D eigenvalue weighted by atomic mass is 10.1. The summed E-state index contributed by atoms with van der Waals surface area (Å²) in [5.41, 5.74) is 2.49. The molecule has 0 bridgehead atoms. The van der Waals surface area contributed by atoms with Gasteiger partial charge in [0.25, 0.3) is 5.91 Å². The van der Waals surface area contributed by atoms with Gasteiger partial charge >= 0.3 is 0 Å². The van der Waals surface area contributed by atoms with E-state index in [1.54, 1.807) is 17.0 Å². The van der Waals surface area contributed by atoms with Gasteiger partial charge in [-0.2, -0.15) is 0 Å². The fraction of sp³-hybridized carbons (Fsp3) is 0.391. The molecule has 7 nitrogen and oxygen atoms in total. The zero-order chi connectivity index (χ0) is 22.9. The Morgan fingerprint density at radius 1 is 1.03 bits per heavy atom. The van der Waals surface area contributed by atoms with Gasteiger partial charge in [0, 0.05) is 55.3 Å². The first-order chi connectivity index (χ1) is 15.2. The summed E-state index contributed by atoms with van der Waals surface area (Å²) in [5, 5.41) is 0.674. The van der Waals surface area contributed by atoms with E-state index in [0.29, 0.717) is 43.3 Å². The van der Waals surface area contributed by atoms with Crippen LogP contribution in [0.25, 0.3) is 0 Å². The van der Waals surface area contributed by atoms with Gasteiger partial charge in [0.05, 0.1) is 5.75 Å². The van der Waals surface area contributed by atoms with Crippen molar-refractivity contribution in [3.8, 4) is 0 Å². The van der Waals surface area contributed by atoms with Gasteiger partial charge in [0.1, 0.15) is 15.9 Å². The van der Waals surface area contributed by atoms with Crippen LogP contribution in [0.15, 0.2) is 48.5 Å². The lowest BCUT2D eigenvalue weighted by molar-refractivity contribution is -0.136. The van der Waals surface area contributed by atoms with Gasteiger partial charge in [-0.25, -0.2) is 8.42 Å². The number of anilines is 1. The van der Waals surface area contributed by atoms with E-state index in [2.05, 4.69) is 4.90 Å². The molecule has 2 aliphatic heterocycles. The van der Waals surface area contributed by atoms with Crippen LogP contribution in [-0.2, 0) is 21.2 Å². The number of amides is 2. The molecular formula is C23H26ClN3O4S. The third-order valence-electron chi connectivity index (χ3n) is 6.06. The fourth-order valence-corrected chi connectivity index (χ4v) is 5.09.